The molecule has 0 rings (SSSR count). The lowest BCUT2D eigenvalue weighted by atomic mass is 10.3. The van der Waals surface area contributed by atoms with Gasteiger partial charge in [0, 0.05) is 0 Å². The van der Waals surface area contributed by atoms with Crippen LogP contribution in [0.2, 0.25) is 0 Å². The Morgan fingerprint density at radius 2 is 1.17 bits per heavy atom. The average Bonchev–Trinajstić information content (AvgIpc) is 1.79. The Balaban J connectivity index is -0.000000405. The van der Waals surface area contributed by atoms with Gasteiger partial charge in [0.05, 0.1) is 12.8 Å². The molecular weight excluding hydrogens is 160 g/mol. The number of hydrogen-bond donors (Lipinski definition) is 2. The van der Waals surface area contributed by atoms with Crippen LogP contribution in [0.5, 0.6) is 0 Å². The molecule has 2 N–H and O–H groups in total. The maximum Gasteiger partial charge on any atom is 0.307 e. The van der Waals surface area contributed by atoms with E-state index in [1.807, 2.05) is 0 Å². The Bertz CT molecular complexity index is 142. The Hall–Kier alpha value is -1.32. The summed E-state index contributed by atoms with van der Waals surface area (Å²) in [6.07, 6.45) is 2.40. The molecule has 0 atom stereocenters. The van der Waals surface area contributed by atoms with Gasteiger partial charge in [-0.1, -0.05) is 27.0 Å². The van der Waals surface area contributed by atoms with Crippen molar-refractivity contribution in [1.29, 1.82) is 0 Å². The number of aliphatic carboxylic acids is 2. The second-order valence-corrected chi connectivity index (χ2v) is 1.67. The summed E-state index contributed by atoms with van der Waals surface area (Å²) in [5.41, 5.74) is 0. The summed E-state index contributed by atoms with van der Waals surface area (Å²) < 4.78 is 0. The highest BCUT2D eigenvalue weighted by atomic mass is 16.4. The fraction of sp³-hybridized carbons (Fsp3) is 0.500. The zero-order valence-corrected chi connectivity index (χ0v) is 5.28. The standard InChI is InChI=1S/C6H8O4.2CH4/c7-5(8)3-1-2-4-6(9)10;;/h1-2H,3-4H2,(H,7,8)(H,9,10);2*1H4. The van der Waals surface area contributed by atoms with E-state index in [0.717, 1.165) is 0 Å². The predicted octanol–water partition coefficient (Wildman–Crippen LogP) is 1.76. The molecule has 0 radical (unpaired) electrons. The summed E-state index contributed by atoms with van der Waals surface area (Å²) in [6.45, 7) is 0. The monoisotopic (exact) mass is 176 g/mol. The minimum absolute atomic E-state index is 0. The van der Waals surface area contributed by atoms with Gasteiger partial charge in [0.1, 0.15) is 0 Å². The van der Waals surface area contributed by atoms with Crippen molar-refractivity contribution in [3.05, 3.63) is 12.2 Å². The normalized spacial score (nSPS) is 8.33. The number of carbonyl (C=O) groups is 2. The van der Waals surface area contributed by atoms with Crippen molar-refractivity contribution in [2.75, 3.05) is 0 Å². The van der Waals surface area contributed by atoms with E-state index in [4.69, 9.17) is 10.2 Å². The van der Waals surface area contributed by atoms with Gasteiger partial charge in [0.2, 0.25) is 0 Å². The fourth-order valence-electron chi connectivity index (χ4n) is 0.368. The van der Waals surface area contributed by atoms with Gasteiger partial charge in [0.15, 0.2) is 0 Å². The molecule has 0 aliphatic carbocycles. The molecule has 0 heterocycles. The molecule has 0 amide bonds. The molecule has 0 aliphatic rings. The summed E-state index contributed by atoms with van der Waals surface area (Å²) in [5, 5.41) is 16.2. The van der Waals surface area contributed by atoms with Crippen molar-refractivity contribution in [1.82, 2.24) is 0 Å². The van der Waals surface area contributed by atoms with Gasteiger partial charge in [-0.25, -0.2) is 0 Å². The highest BCUT2D eigenvalue weighted by molar-refractivity contribution is 5.70. The molecular formula is C8H16O4. The molecule has 0 aromatic heterocycles. The van der Waals surface area contributed by atoms with Crippen LogP contribution in [0.25, 0.3) is 0 Å². The van der Waals surface area contributed by atoms with Crippen molar-refractivity contribution in [3.63, 3.8) is 0 Å². The van der Waals surface area contributed by atoms with E-state index in [2.05, 4.69) is 0 Å². The molecule has 0 spiro atoms. The van der Waals surface area contributed by atoms with E-state index in [9.17, 15) is 9.59 Å². The van der Waals surface area contributed by atoms with E-state index in [1.54, 1.807) is 0 Å². The van der Waals surface area contributed by atoms with E-state index in [0.29, 0.717) is 0 Å². The average molecular weight is 176 g/mol. The van der Waals surface area contributed by atoms with Crippen LogP contribution >= 0.6 is 0 Å². The number of hydrogen-bond acceptors (Lipinski definition) is 2. The van der Waals surface area contributed by atoms with E-state index >= 15 is 0 Å². The quantitative estimate of drug-likeness (QED) is 0.640. The number of carboxylic acids is 2. The lowest BCUT2D eigenvalue weighted by molar-refractivity contribution is -0.137. The lowest BCUT2D eigenvalue weighted by Gasteiger charge is -1.83. The van der Waals surface area contributed by atoms with Gasteiger partial charge >= 0.3 is 11.9 Å². The van der Waals surface area contributed by atoms with Crippen LogP contribution in [0.3, 0.4) is 0 Å². The third kappa shape index (κ3) is 15.9. The van der Waals surface area contributed by atoms with Gasteiger partial charge in [-0.2, -0.15) is 0 Å². The molecule has 4 nitrogen and oxygen atoms in total. The third-order valence-electron chi connectivity index (χ3n) is 0.752. The first-order valence-corrected chi connectivity index (χ1v) is 2.71. The van der Waals surface area contributed by atoms with Crippen molar-refractivity contribution in [3.8, 4) is 0 Å². The molecule has 0 aromatic rings. The minimum Gasteiger partial charge on any atom is -0.481 e. The van der Waals surface area contributed by atoms with Gasteiger partial charge in [0.25, 0.3) is 0 Å². The van der Waals surface area contributed by atoms with Crippen LogP contribution in [0.1, 0.15) is 27.7 Å². The predicted molar refractivity (Wildman–Crippen MR) is 47.1 cm³/mol. The zero-order valence-electron chi connectivity index (χ0n) is 5.28. The molecule has 0 aromatic carbocycles. The molecule has 0 aliphatic heterocycles. The van der Waals surface area contributed by atoms with Gasteiger partial charge < -0.3 is 10.2 Å². The Morgan fingerprint density at radius 3 is 1.33 bits per heavy atom. The van der Waals surface area contributed by atoms with Crippen molar-refractivity contribution >= 4 is 11.9 Å². The Morgan fingerprint density at radius 1 is 0.917 bits per heavy atom. The van der Waals surface area contributed by atoms with Crippen LogP contribution in [-0.4, -0.2) is 22.2 Å². The fourth-order valence-corrected chi connectivity index (χ4v) is 0.368. The maximum atomic E-state index is 9.85. The maximum absolute atomic E-state index is 9.85. The highest BCUT2D eigenvalue weighted by Crippen LogP contribution is 1.86. The first-order chi connectivity index (χ1) is 4.63. The zero-order chi connectivity index (χ0) is 7.98. The Labute approximate surface area is 72.5 Å². The van der Waals surface area contributed by atoms with Crippen molar-refractivity contribution in [2.24, 2.45) is 0 Å². The second kappa shape index (κ2) is 9.68. The van der Waals surface area contributed by atoms with Crippen LogP contribution in [0.15, 0.2) is 12.2 Å². The molecule has 0 bridgehead atoms. The Kier molecular flexibility index (Phi) is 13.7. The molecule has 0 saturated carbocycles. The molecule has 72 valence electrons. The van der Waals surface area contributed by atoms with Crippen LogP contribution in [0.4, 0.5) is 0 Å². The van der Waals surface area contributed by atoms with E-state index in [-0.39, 0.29) is 27.7 Å². The van der Waals surface area contributed by atoms with Crippen molar-refractivity contribution in [2.45, 2.75) is 27.7 Å². The summed E-state index contributed by atoms with van der Waals surface area (Å²) in [6, 6.07) is 0. The molecule has 0 fully saturated rings. The van der Waals surface area contributed by atoms with Crippen LogP contribution in [-0.2, 0) is 9.59 Å². The van der Waals surface area contributed by atoms with Gasteiger partial charge in [-0.05, 0) is 0 Å². The number of carboxylic acid groups (broad SMARTS) is 2. The number of rotatable bonds is 4. The molecule has 4 heteroatoms. The van der Waals surface area contributed by atoms with E-state index < -0.39 is 11.9 Å². The SMILES string of the molecule is C.C.O=C(O)CC=CCC(=O)O. The third-order valence-corrected chi connectivity index (χ3v) is 0.752. The van der Waals surface area contributed by atoms with Crippen molar-refractivity contribution < 1.29 is 19.8 Å². The summed E-state index contributed by atoms with van der Waals surface area (Å²) in [7, 11) is 0. The second-order valence-electron chi connectivity index (χ2n) is 1.67. The minimum atomic E-state index is -0.957. The van der Waals surface area contributed by atoms with E-state index in [1.165, 1.54) is 12.2 Å². The molecule has 0 saturated heterocycles. The first kappa shape index (κ1) is 17.0. The summed E-state index contributed by atoms with van der Waals surface area (Å²) in [4.78, 5) is 19.7. The van der Waals surface area contributed by atoms with Crippen LogP contribution in [0, 0.1) is 0 Å². The lowest BCUT2D eigenvalue weighted by Crippen LogP contribution is -1.92. The largest absolute Gasteiger partial charge is 0.481 e. The summed E-state index contributed by atoms with van der Waals surface area (Å²) >= 11 is 0. The van der Waals surface area contributed by atoms with Crippen LogP contribution < -0.4 is 0 Å². The molecule has 12 heavy (non-hydrogen) atoms. The van der Waals surface area contributed by atoms with Gasteiger partial charge in [-0.3, -0.25) is 9.59 Å². The summed E-state index contributed by atoms with van der Waals surface area (Å²) in [5.74, 6) is -1.91. The molecule has 0 unspecified atom stereocenters. The first-order valence-electron chi connectivity index (χ1n) is 2.71. The topological polar surface area (TPSA) is 74.6 Å². The highest BCUT2D eigenvalue weighted by Gasteiger charge is 1.91. The van der Waals surface area contributed by atoms with Gasteiger partial charge in [-0.15, -0.1) is 0 Å². The smallest absolute Gasteiger partial charge is 0.307 e.